The summed E-state index contributed by atoms with van der Waals surface area (Å²) >= 11 is 0. The number of ether oxygens (including phenoxy) is 1. The van der Waals surface area contributed by atoms with E-state index in [-0.39, 0.29) is 18.8 Å². The number of hydrogen-bond acceptors (Lipinski definition) is 5. The molecule has 1 N–H and O–H groups in total. The molecule has 1 aliphatic heterocycles. The number of rotatable bonds is 2. The fraction of sp³-hybridized carbons (Fsp3) is 0.636. The molecule has 88 valence electrons. The molecule has 2 atom stereocenters. The molecule has 1 aliphatic rings. The number of hydrogen-bond donors (Lipinski definition) is 1. The molecule has 0 radical (unpaired) electrons. The van der Waals surface area contributed by atoms with Crippen molar-refractivity contribution >= 4 is 5.82 Å². The van der Waals surface area contributed by atoms with Crippen molar-refractivity contribution in [3.8, 4) is 0 Å². The molecule has 1 saturated heterocycles. The van der Waals surface area contributed by atoms with Crippen molar-refractivity contribution < 1.29 is 9.84 Å². The van der Waals surface area contributed by atoms with Crippen LogP contribution in [0.25, 0.3) is 0 Å². The van der Waals surface area contributed by atoms with Gasteiger partial charge in [0.05, 0.1) is 36.9 Å². The number of anilines is 1. The van der Waals surface area contributed by atoms with Gasteiger partial charge in [0.2, 0.25) is 0 Å². The van der Waals surface area contributed by atoms with Crippen LogP contribution in [-0.4, -0.2) is 40.4 Å². The molecule has 1 aromatic heterocycles. The lowest BCUT2D eigenvalue weighted by molar-refractivity contribution is -0.00548. The summed E-state index contributed by atoms with van der Waals surface area (Å²) in [5, 5.41) is 8.89. The second-order valence-electron chi connectivity index (χ2n) is 4.19. The molecule has 2 rings (SSSR count). The summed E-state index contributed by atoms with van der Waals surface area (Å²) in [5.41, 5.74) is 0.595. The zero-order valence-corrected chi connectivity index (χ0v) is 9.63. The Morgan fingerprint density at radius 3 is 2.50 bits per heavy atom. The van der Waals surface area contributed by atoms with Gasteiger partial charge in [-0.1, -0.05) is 0 Å². The predicted molar refractivity (Wildman–Crippen MR) is 60.2 cm³/mol. The third-order valence-corrected chi connectivity index (χ3v) is 2.60. The second kappa shape index (κ2) is 4.76. The van der Waals surface area contributed by atoms with Gasteiger partial charge < -0.3 is 14.7 Å². The molecule has 2 heterocycles. The monoisotopic (exact) mass is 223 g/mol. The van der Waals surface area contributed by atoms with Crippen molar-refractivity contribution in [3.63, 3.8) is 0 Å². The molecule has 0 bridgehead atoms. The fourth-order valence-electron chi connectivity index (χ4n) is 1.96. The first kappa shape index (κ1) is 11.3. The van der Waals surface area contributed by atoms with Crippen LogP contribution in [-0.2, 0) is 11.3 Å². The van der Waals surface area contributed by atoms with Crippen LogP contribution in [0.1, 0.15) is 19.5 Å². The Hall–Kier alpha value is -1.20. The maximum absolute atomic E-state index is 8.89. The number of aromatic nitrogens is 2. The van der Waals surface area contributed by atoms with Crippen molar-refractivity contribution in [1.82, 2.24) is 9.97 Å². The number of aliphatic hydroxyl groups is 1. The van der Waals surface area contributed by atoms with Gasteiger partial charge in [0, 0.05) is 13.1 Å². The Balaban J connectivity index is 2.10. The normalized spacial score (nSPS) is 25.8. The Labute approximate surface area is 95.1 Å². The Kier molecular flexibility index (Phi) is 3.36. The van der Waals surface area contributed by atoms with Crippen LogP contribution in [0.15, 0.2) is 12.4 Å². The summed E-state index contributed by atoms with van der Waals surface area (Å²) in [6.45, 7) is 5.70. The van der Waals surface area contributed by atoms with Gasteiger partial charge >= 0.3 is 0 Å². The smallest absolute Gasteiger partial charge is 0.147 e. The van der Waals surface area contributed by atoms with Crippen molar-refractivity contribution in [3.05, 3.63) is 18.1 Å². The van der Waals surface area contributed by atoms with Gasteiger partial charge in [-0.25, -0.2) is 4.98 Å². The van der Waals surface area contributed by atoms with E-state index in [0.29, 0.717) is 5.69 Å². The molecule has 0 aromatic carbocycles. The van der Waals surface area contributed by atoms with Crippen LogP contribution >= 0.6 is 0 Å². The molecular weight excluding hydrogens is 206 g/mol. The average Bonchev–Trinajstić information content (AvgIpc) is 2.28. The van der Waals surface area contributed by atoms with Gasteiger partial charge in [0.15, 0.2) is 0 Å². The quantitative estimate of drug-likeness (QED) is 0.795. The SMILES string of the molecule is C[C@@H]1CN(c2cnc(CO)cn2)C[C@H](C)O1. The first-order valence-electron chi connectivity index (χ1n) is 5.51. The first-order chi connectivity index (χ1) is 7.69. The minimum atomic E-state index is -0.0663. The largest absolute Gasteiger partial charge is 0.390 e. The van der Waals surface area contributed by atoms with E-state index in [0.717, 1.165) is 18.9 Å². The minimum absolute atomic E-state index is 0.0663. The summed E-state index contributed by atoms with van der Waals surface area (Å²) in [4.78, 5) is 10.6. The Morgan fingerprint density at radius 1 is 1.31 bits per heavy atom. The lowest BCUT2D eigenvalue weighted by Crippen LogP contribution is -2.45. The third kappa shape index (κ3) is 2.48. The van der Waals surface area contributed by atoms with Crippen LogP contribution in [0.5, 0.6) is 0 Å². The van der Waals surface area contributed by atoms with E-state index in [2.05, 4.69) is 28.7 Å². The van der Waals surface area contributed by atoms with Gasteiger partial charge in [0.25, 0.3) is 0 Å². The molecule has 0 spiro atoms. The van der Waals surface area contributed by atoms with Crippen molar-refractivity contribution in [2.75, 3.05) is 18.0 Å². The Morgan fingerprint density at radius 2 is 2.00 bits per heavy atom. The van der Waals surface area contributed by atoms with Gasteiger partial charge in [-0.15, -0.1) is 0 Å². The van der Waals surface area contributed by atoms with E-state index in [1.165, 1.54) is 0 Å². The van der Waals surface area contributed by atoms with E-state index >= 15 is 0 Å². The highest BCUT2D eigenvalue weighted by Crippen LogP contribution is 2.17. The molecular formula is C11H17N3O2. The maximum atomic E-state index is 8.89. The van der Waals surface area contributed by atoms with Crippen molar-refractivity contribution in [1.29, 1.82) is 0 Å². The average molecular weight is 223 g/mol. The van der Waals surface area contributed by atoms with Gasteiger partial charge in [0.1, 0.15) is 5.82 Å². The molecule has 0 unspecified atom stereocenters. The zero-order chi connectivity index (χ0) is 11.5. The van der Waals surface area contributed by atoms with E-state index in [4.69, 9.17) is 9.84 Å². The Bertz CT molecular complexity index is 332. The molecule has 1 aromatic rings. The second-order valence-corrected chi connectivity index (χ2v) is 4.19. The van der Waals surface area contributed by atoms with Crippen LogP contribution in [0.2, 0.25) is 0 Å². The number of morpholine rings is 1. The zero-order valence-electron chi connectivity index (χ0n) is 9.63. The fourth-order valence-corrected chi connectivity index (χ4v) is 1.96. The first-order valence-corrected chi connectivity index (χ1v) is 5.51. The predicted octanol–water partition coefficient (Wildman–Crippen LogP) is 0.583. The van der Waals surface area contributed by atoms with E-state index < -0.39 is 0 Å². The van der Waals surface area contributed by atoms with Crippen LogP contribution in [0.4, 0.5) is 5.82 Å². The molecule has 5 nitrogen and oxygen atoms in total. The molecule has 1 fully saturated rings. The van der Waals surface area contributed by atoms with E-state index in [1.54, 1.807) is 12.4 Å². The van der Waals surface area contributed by atoms with Gasteiger partial charge in [-0.2, -0.15) is 0 Å². The number of aliphatic hydroxyl groups excluding tert-OH is 1. The summed E-state index contributed by atoms with van der Waals surface area (Å²) in [6.07, 6.45) is 3.74. The van der Waals surface area contributed by atoms with Crippen LogP contribution < -0.4 is 4.90 Å². The highest BCUT2D eigenvalue weighted by Gasteiger charge is 2.23. The third-order valence-electron chi connectivity index (χ3n) is 2.60. The van der Waals surface area contributed by atoms with Crippen LogP contribution in [0.3, 0.4) is 0 Å². The van der Waals surface area contributed by atoms with Gasteiger partial charge in [-0.3, -0.25) is 4.98 Å². The lowest BCUT2D eigenvalue weighted by atomic mass is 10.2. The summed E-state index contributed by atoms with van der Waals surface area (Å²) in [7, 11) is 0. The molecule has 0 aliphatic carbocycles. The summed E-state index contributed by atoms with van der Waals surface area (Å²) in [6, 6.07) is 0. The summed E-state index contributed by atoms with van der Waals surface area (Å²) < 4.78 is 5.65. The highest BCUT2D eigenvalue weighted by molar-refractivity contribution is 5.36. The standard InChI is InChI=1S/C11H17N3O2/c1-8-5-14(6-9(2)16-8)11-4-12-10(7-15)3-13-11/h3-4,8-9,15H,5-7H2,1-2H3/t8-,9+. The van der Waals surface area contributed by atoms with Gasteiger partial charge in [-0.05, 0) is 13.8 Å². The maximum Gasteiger partial charge on any atom is 0.147 e. The molecule has 5 heteroatoms. The molecule has 0 saturated carbocycles. The van der Waals surface area contributed by atoms with Crippen molar-refractivity contribution in [2.45, 2.75) is 32.7 Å². The van der Waals surface area contributed by atoms with Crippen molar-refractivity contribution in [2.24, 2.45) is 0 Å². The van der Waals surface area contributed by atoms with E-state index in [9.17, 15) is 0 Å². The minimum Gasteiger partial charge on any atom is -0.390 e. The molecule has 0 amide bonds. The lowest BCUT2D eigenvalue weighted by Gasteiger charge is -2.35. The number of nitrogens with zero attached hydrogens (tertiary/aromatic N) is 3. The summed E-state index contributed by atoms with van der Waals surface area (Å²) in [5.74, 6) is 0.846. The molecule has 16 heavy (non-hydrogen) atoms. The van der Waals surface area contributed by atoms with Crippen LogP contribution in [0, 0.1) is 0 Å². The highest BCUT2D eigenvalue weighted by atomic mass is 16.5. The topological polar surface area (TPSA) is 58.5 Å². The van der Waals surface area contributed by atoms with E-state index in [1.807, 2.05) is 0 Å².